The van der Waals surface area contributed by atoms with Crippen molar-refractivity contribution in [2.24, 2.45) is 5.92 Å². The number of benzene rings is 1. The predicted molar refractivity (Wildman–Crippen MR) is 118 cm³/mol. The van der Waals surface area contributed by atoms with Gasteiger partial charge in [-0.2, -0.15) is 5.10 Å². The van der Waals surface area contributed by atoms with Crippen LogP contribution in [0.3, 0.4) is 0 Å². The van der Waals surface area contributed by atoms with Gasteiger partial charge in [-0.3, -0.25) is 4.98 Å². The van der Waals surface area contributed by atoms with Crippen LogP contribution < -0.4 is 4.74 Å². The minimum absolute atomic E-state index is 0.0932. The topological polar surface area (TPSA) is 58.4 Å². The third kappa shape index (κ3) is 2.92. The van der Waals surface area contributed by atoms with Crippen molar-refractivity contribution in [1.29, 1.82) is 0 Å². The Kier molecular flexibility index (Phi) is 4.37. The van der Waals surface area contributed by atoms with E-state index < -0.39 is 0 Å². The van der Waals surface area contributed by atoms with Crippen molar-refractivity contribution in [3.8, 4) is 11.4 Å². The minimum atomic E-state index is -0.373. The monoisotopic (exact) mass is 419 g/mol. The zero-order valence-electron chi connectivity index (χ0n) is 18.3. The van der Waals surface area contributed by atoms with Crippen molar-refractivity contribution in [3.63, 3.8) is 0 Å². The molecule has 0 bridgehead atoms. The fourth-order valence-electron chi connectivity index (χ4n) is 6.18. The molecule has 1 saturated heterocycles. The summed E-state index contributed by atoms with van der Waals surface area (Å²) in [6.07, 6.45) is 8.90. The van der Waals surface area contributed by atoms with E-state index in [1.54, 1.807) is 0 Å². The van der Waals surface area contributed by atoms with Crippen molar-refractivity contribution in [1.82, 2.24) is 14.8 Å². The number of nitrogens with zero attached hydrogens (tertiary/aromatic N) is 3. The van der Waals surface area contributed by atoms with Crippen molar-refractivity contribution in [2.45, 2.75) is 57.2 Å². The fourth-order valence-corrected chi connectivity index (χ4v) is 6.18. The average molecular weight is 420 g/mol. The van der Waals surface area contributed by atoms with E-state index in [2.05, 4.69) is 30.1 Å². The normalized spacial score (nSPS) is 27.0. The van der Waals surface area contributed by atoms with E-state index in [0.717, 1.165) is 66.7 Å². The van der Waals surface area contributed by atoms with Gasteiger partial charge in [0.25, 0.3) is 0 Å². The summed E-state index contributed by atoms with van der Waals surface area (Å²) in [6, 6.07) is 8.58. The molecule has 162 valence electrons. The van der Waals surface area contributed by atoms with E-state index in [-0.39, 0.29) is 11.2 Å². The molecular formula is C25H29N3O3. The number of aryl methyl sites for hydroxylation is 1. The van der Waals surface area contributed by atoms with Gasteiger partial charge in [0.15, 0.2) is 5.79 Å². The van der Waals surface area contributed by atoms with Crippen LogP contribution in [0.5, 0.6) is 5.75 Å². The number of fused-ring (bicyclic) bond motifs is 4. The Hall–Kier alpha value is -2.44. The van der Waals surface area contributed by atoms with Gasteiger partial charge in [-0.25, -0.2) is 4.68 Å². The summed E-state index contributed by atoms with van der Waals surface area (Å²) in [7, 11) is 0. The smallest absolute Gasteiger partial charge is 0.168 e. The van der Waals surface area contributed by atoms with E-state index in [1.165, 1.54) is 5.56 Å². The van der Waals surface area contributed by atoms with Crippen LogP contribution in [0.1, 0.15) is 50.3 Å². The molecule has 3 aliphatic rings. The maximum absolute atomic E-state index is 6.38. The predicted octanol–water partition coefficient (Wildman–Crippen LogP) is 4.70. The quantitative estimate of drug-likeness (QED) is 0.602. The van der Waals surface area contributed by atoms with Crippen molar-refractivity contribution < 1.29 is 14.2 Å². The highest BCUT2D eigenvalue weighted by Gasteiger charge is 2.53. The molecular weight excluding hydrogens is 390 g/mol. The third-order valence-electron chi connectivity index (χ3n) is 7.79. The molecule has 2 aromatic heterocycles. The van der Waals surface area contributed by atoms with Crippen molar-refractivity contribution >= 4 is 10.9 Å². The van der Waals surface area contributed by atoms with Crippen LogP contribution >= 0.6 is 0 Å². The zero-order chi connectivity index (χ0) is 21.1. The first kappa shape index (κ1) is 19.3. The summed E-state index contributed by atoms with van der Waals surface area (Å²) >= 11 is 0. The van der Waals surface area contributed by atoms with Gasteiger partial charge in [0.2, 0.25) is 0 Å². The summed E-state index contributed by atoms with van der Waals surface area (Å²) in [5, 5.41) is 5.86. The van der Waals surface area contributed by atoms with E-state index >= 15 is 0 Å². The molecule has 2 fully saturated rings. The lowest BCUT2D eigenvalue weighted by molar-refractivity contribution is -0.199. The van der Waals surface area contributed by atoms with Crippen LogP contribution in [-0.4, -0.2) is 40.4 Å². The summed E-state index contributed by atoms with van der Waals surface area (Å²) in [5.74, 6) is 1.12. The number of hydrogen-bond acceptors (Lipinski definition) is 5. The molecule has 0 N–H and O–H groups in total. The van der Waals surface area contributed by atoms with Gasteiger partial charge in [0, 0.05) is 47.2 Å². The molecule has 31 heavy (non-hydrogen) atoms. The molecule has 1 saturated carbocycles. The van der Waals surface area contributed by atoms with E-state index in [1.807, 2.05) is 30.1 Å². The maximum atomic E-state index is 6.38. The van der Waals surface area contributed by atoms with Crippen LogP contribution in [0.25, 0.3) is 16.6 Å². The molecule has 2 aliphatic heterocycles. The highest BCUT2D eigenvalue weighted by Crippen LogP contribution is 2.56. The van der Waals surface area contributed by atoms with E-state index in [0.29, 0.717) is 19.1 Å². The largest absolute Gasteiger partial charge is 0.493 e. The second-order valence-corrected chi connectivity index (χ2v) is 9.27. The van der Waals surface area contributed by atoms with Crippen LogP contribution in [0.4, 0.5) is 0 Å². The van der Waals surface area contributed by atoms with Gasteiger partial charge in [0.05, 0.1) is 37.2 Å². The molecule has 0 amide bonds. The lowest BCUT2D eigenvalue weighted by Gasteiger charge is -2.49. The Morgan fingerprint density at radius 2 is 2.00 bits per heavy atom. The van der Waals surface area contributed by atoms with Gasteiger partial charge in [-0.05, 0) is 50.3 Å². The van der Waals surface area contributed by atoms with Crippen LogP contribution in [0, 0.1) is 12.8 Å². The molecule has 0 unspecified atom stereocenters. The summed E-state index contributed by atoms with van der Waals surface area (Å²) < 4.78 is 20.6. The standard InChI is InChI=1S/C25H29N3O3/c1-3-24-6-7-25(30-10-11-31-25)15-19(24)5-9-29-23-14-22-18(13-21(23)24)16-27-28(22)20-4-8-26-17(2)12-20/h4,8,12-14,16,19H,3,5-7,9-11,15H2,1-2H3/t19-,24+/m0/s1. The second kappa shape index (κ2) is 7.04. The first-order chi connectivity index (χ1) is 15.1. The Labute approximate surface area is 182 Å². The summed E-state index contributed by atoms with van der Waals surface area (Å²) in [4.78, 5) is 4.32. The maximum Gasteiger partial charge on any atom is 0.168 e. The molecule has 6 heteroatoms. The molecule has 6 nitrogen and oxygen atoms in total. The number of rotatable bonds is 2. The number of hydrogen-bond donors (Lipinski definition) is 0. The fraction of sp³-hybridized carbons (Fsp3) is 0.520. The van der Waals surface area contributed by atoms with E-state index in [9.17, 15) is 0 Å². The Balaban J connectivity index is 1.46. The van der Waals surface area contributed by atoms with Gasteiger partial charge >= 0.3 is 0 Å². The molecule has 6 rings (SSSR count). The van der Waals surface area contributed by atoms with Crippen molar-refractivity contribution in [3.05, 3.63) is 47.9 Å². The first-order valence-electron chi connectivity index (χ1n) is 11.5. The molecule has 4 heterocycles. The second-order valence-electron chi connectivity index (χ2n) is 9.27. The molecule has 1 spiro atoms. The zero-order valence-corrected chi connectivity index (χ0v) is 18.3. The number of pyridine rings is 1. The minimum Gasteiger partial charge on any atom is -0.493 e. The van der Waals surface area contributed by atoms with Gasteiger partial charge < -0.3 is 14.2 Å². The molecule has 1 aromatic carbocycles. The Morgan fingerprint density at radius 3 is 2.81 bits per heavy atom. The average Bonchev–Trinajstić information content (AvgIpc) is 3.37. The third-order valence-corrected chi connectivity index (χ3v) is 7.79. The summed E-state index contributed by atoms with van der Waals surface area (Å²) in [5.41, 5.74) is 4.50. The Bertz CT molecular complexity index is 1130. The number of aromatic nitrogens is 3. The van der Waals surface area contributed by atoms with Crippen molar-refractivity contribution in [2.75, 3.05) is 19.8 Å². The molecule has 0 radical (unpaired) electrons. The first-order valence-corrected chi connectivity index (χ1v) is 11.5. The van der Waals surface area contributed by atoms with E-state index in [4.69, 9.17) is 19.3 Å². The highest BCUT2D eigenvalue weighted by atomic mass is 16.7. The van der Waals surface area contributed by atoms with Gasteiger partial charge in [-0.1, -0.05) is 6.92 Å². The SMILES string of the molecule is CC[C@@]12CCC3(C[C@@H]1CCOc1cc4c(cnn4-c4ccnc(C)c4)cc12)OCCO3. The lowest BCUT2D eigenvalue weighted by Crippen LogP contribution is -2.48. The van der Waals surface area contributed by atoms with Gasteiger partial charge in [-0.15, -0.1) is 0 Å². The molecule has 1 aliphatic carbocycles. The number of ether oxygens (including phenoxy) is 3. The highest BCUT2D eigenvalue weighted by molar-refractivity contribution is 5.83. The van der Waals surface area contributed by atoms with Gasteiger partial charge in [0.1, 0.15) is 5.75 Å². The van der Waals surface area contributed by atoms with Crippen LogP contribution in [0.15, 0.2) is 36.7 Å². The Morgan fingerprint density at radius 1 is 1.13 bits per heavy atom. The van der Waals surface area contributed by atoms with Crippen LogP contribution in [-0.2, 0) is 14.9 Å². The summed E-state index contributed by atoms with van der Waals surface area (Å²) in [6.45, 7) is 6.48. The van der Waals surface area contributed by atoms with Crippen LogP contribution in [0.2, 0.25) is 0 Å². The molecule has 2 atom stereocenters. The molecule has 3 aromatic rings. The lowest BCUT2D eigenvalue weighted by atomic mass is 9.59.